The summed E-state index contributed by atoms with van der Waals surface area (Å²) in [6, 6.07) is 3.38. The molecule has 3 heteroatoms. The first-order chi connectivity index (χ1) is 7.75. The summed E-state index contributed by atoms with van der Waals surface area (Å²) in [4.78, 5) is 11.4. The molecule has 84 valence electrons. The summed E-state index contributed by atoms with van der Waals surface area (Å²) in [7, 11) is 0. The van der Waals surface area contributed by atoms with Gasteiger partial charge in [-0.2, -0.15) is 0 Å². The van der Waals surface area contributed by atoms with Gasteiger partial charge in [0.2, 0.25) is 0 Å². The first-order valence-corrected chi connectivity index (χ1v) is 5.79. The lowest BCUT2D eigenvalue weighted by Gasteiger charge is -2.26. The Morgan fingerprint density at radius 3 is 2.50 bits per heavy atom. The van der Waals surface area contributed by atoms with E-state index >= 15 is 0 Å². The summed E-state index contributed by atoms with van der Waals surface area (Å²) in [5.74, 6) is 0.642. The zero-order valence-corrected chi connectivity index (χ0v) is 8.99. The molecule has 0 aliphatic heterocycles. The Morgan fingerprint density at radius 2 is 2.00 bits per heavy atom. The minimum atomic E-state index is -0.706. The van der Waals surface area contributed by atoms with E-state index in [0.29, 0.717) is 11.8 Å². The molecular formula is C13H15NO2. The van der Waals surface area contributed by atoms with Gasteiger partial charge in [-0.05, 0) is 42.7 Å². The molecule has 16 heavy (non-hydrogen) atoms. The standard InChI is InChI=1S/C13H15NO2/c15-13(16)12(14-5-1-2-6-14)11-8-9-3-4-10(11)7-9/h1-6,9-12H,7-8H2,(H,15,16)/t9-,10-,11+,12-/m0/s1. The molecule has 0 saturated heterocycles. The summed E-state index contributed by atoms with van der Waals surface area (Å²) in [6.07, 6.45) is 10.3. The molecule has 1 aromatic heterocycles. The summed E-state index contributed by atoms with van der Waals surface area (Å²) >= 11 is 0. The molecule has 0 unspecified atom stereocenters. The van der Waals surface area contributed by atoms with Crippen LogP contribution in [-0.4, -0.2) is 15.6 Å². The number of fused-ring (bicyclic) bond motifs is 2. The van der Waals surface area contributed by atoms with Crippen molar-refractivity contribution < 1.29 is 9.90 Å². The highest BCUT2D eigenvalue weighted by atomic mass is 16.4. The van der Waals surface area contributed by atoms with E-state index in [1.54, 1.807) is 0 Å². The highest BCUT2D eigenvalue weighted by molar-refractivity contribution is 5.72. The summed E-state index contributed by atoms with van der Waals surface area (Å²) in [6.45, 7) is 0. The molecule has 4 atom stereocenters. The van der Waals surface area contributed by atoms with Gasteiger partial charge >= 0.3 is 5.97 Å². The molecule has 2 bridgehead atoms. The van der Waals surface area contributed by atoms with Gasteiger partial charge in [-0.25, -0.2) is 4.79 Å². The Hall–Kier alpha value is -1.51. The minimum Gasteiger partial charge on any atom is -0.480 e. The predicted octanol–water partition coefficient (Wildman–Crippen LogP) is 2.33. The normalized spacial score (nSPS) is 33.1. The van der Waals surface area contributed by atoms with Crippen LogP contribution in [0.2, 0.25) is 0 Å². The Labute approximate surface area is 94.4 Å². The summed E-state index contributed by atoms with van der Waals surface area (Å²) in [5.41, 5.74) is 0. The quantitative estimate of drug-likeness (QED) is 0.789. The lowest BCUT2D eigenvalue weighted by atomic mass is 9.86. The smallest absolute Gasteiger partial charge is 0.326 e. The van der Waals surface area contributed by atoms with E-state index < -0.39 is 12.0 Å². The van der Waals surface area contributed by atoms with E-state index in [9.17, 15) is 9.90 Å². The van der Waals surface area contributed by atoms with Crippen LogP contribution in [0.4, 0.5) is 0 Å². The third-order valence-electron chi connectivity index (χ3n) is 3.94. The molecular weight excluding hydrogens is 202 g/mol. The second-order valence-corrected chi connectivity index (χ2v) is 4.86. The van der Waals surface area contributed by atoms with E-state index in [1.807, 2.05) is 29.1 Å². The number of aromatic nitrogens is 1. The zero-order valence-electron chi connectivity index (χ0n) is 8.99. The number of rotatable bonds is 3. The molecule has 2 aliphatic rings. The third-order valence-corrected chi connectivity index (χ3v) is 3.94. The number of allylic oxidation sites excluding steroid dienone is 2. The fraction of sp³-hybridized carbons (Fsp3) is 0.462. The maximum atomic E-state index is 11.4. The van der Waals surface area contributed by atoms with Gasteiger partial charge < -0.3 is 9.67 Å². The number of hydrogen-bond acceptors (Lipinski definition) is 1. The molecule has 1 heterocycles. The van der Waals surface area contributed by atoms with Crippen LogP contribution < -0.4 is 0 Å². The Bertz CT molecular complexity index is 421. The highest BCUT2D eigenvalue weighted by Gasteiger charge is 2.43. The van der Waals surface area contributed by atoms with Crippen molar-refractivity contribution in [2.45, 2.75) is 18.9 Å². The molecule has 3 nitrogen and oxygen atoms in total. The van der Waals surface area contributed by atoms with Crippen LogP contribution in [0.1, 0.15) is 18.9 Å². The fourth-order valence-corrected chi connectivity index (χ4v) is 3.25. The van der Waals surface area contributed by atoms with Crippen molar-refractivity contribution in [3.05, 3.63) is 36.7 Å². The van der Waals surface area contributed by atoms with Crippen molar-refractivity contribution in [1.82, 2.24) is 4.57 Å². The van der Waals surface area contributed by atoms with Gasteiger partial charge in [0.05, 0.1) is 0 Å². The van der Waals surface area contributed by atoms with Gasteiger partial charge in [0.15, 0.2) is 0 Å². The van der Waals surface area contributed by atoms with E-state index in [2.05, 4.69) is 12.2 Å². The number of carboxylic acids is 1. The van der Waals surface area contributed by atoms with Crippen LogP contribution in [0.15, 0.2) is 36.7 Å². The van der Waals surface area contributed by atoms with E-state index in [-0.39, 0.29) is 5.92 Å². The van der Waals surface area contributed by atoms with Crippen LogP contribution in [0.3, 0.4) is 0 Å². The maximum Gasteiger partial charge on any atom is 0.326 e. The van der Waals surface area contributed by atoms with Gasteiger partial charge in [0.25, 0.3) is 0 Å². The lowest BCUT2D eigenvalue weighted by Crippen LogP contribution is -2.28. The summed E-state index contributed by atoms with van der Waals surface area (Å²) < 4.78 is 1.83. The number of aliphatic carboxylic acids is 1. The van der Waals surface area contributed by atoms with E-state index in [0.717, 1.165) is 12.8 Å². The van der Waals surface area contributed by atoms with Crippen molar-refractivity contribution in [3.63, 3.8) is 0 Å². The minimum absolute atomic E-state index is 0.264. The molecule has 0 spiro atoms. The monoisotopic (exact) mass is 217 g/mol. The van der Waals surface area contributed by atoms with Gasteiger partial charge in [-0.3, -0.25) is 0 Å². The molecule has 1 aromatic rings. The summed E-state index contributed by atoms with van der Waals surface area (Å²) in [5, 5.41) is 9.39. The predicted molar refractivity (Wildman–Crippen MR) is 59.9 cm³/mol. The maximum absolute atomic E-state index is 11.4. The molecule has 1 fully saturated rings. The molecule has 0 amide bonds. The van der Waals surface area contributed by atoms with Crippen molar-refractivity contribution in [1.29, 1.82) is 0 Å². The van der Waals surface area contributed by atoms with E-state index in [4.69, 9.17) is 0 Å². The molecule has 0 aromatic carbocycles. The second kappa shape index (κ2) is 3.51. The number of carbonyl (C=O) groups is 1. The topological polar surface area (TPSA) is 42.2 Å². The van der Waals surface area contributed by atoms with Crippen molar-refractivity contribution in [3.8, 4) is 0 Å². The Morgan fingerprint density at radius 1 is 1.25 bits per heavy atom. The number of carboxylic acid groups (broad SMARTS) is 1. The van der Waals surface area contributed by atoms with Gasteiger partial charge in [0, 0.05) is 12.4 Å². The largest absolute Gasteiger partial charge is 0.480 e. The van der Waals surface area contributed by atoms with Crippen LogP contribution in [-0.2, 0) is 4.79 Å². The lowest BCUT2D eigenvalue weighted by molar-refractivity contribution is -0.143. The molecule has 1 saturated carbocycles. The SMILES string of the molecule is O=C(O)[C@H]([C@@H]1C[C@H]2C=C[C@H]1C2)n1cccc1. The van der Waals surface area contributed by atoms with Crippen LogP contribution in [0.5, 0.6) is 0 Å². The van der Waals surface area contributed by atoms with Crippen LogP contribution in [0, 0.1) is 17.8 Å². The molecule has 2 aliphatic carbocycles. The van der Waals surface area contributed by atoms with Crippen LogP contribution in [0.25, 0.3) is 0 Å². The first kappa shape index (κ1) is 9.70. The van der Waals surface area contributed by atoms with Crippen molar-refractivity contribution in [2.75, 3.05) is 0 Å². The van der Waals surface area contributed by atoms with Gasteiger partial charge in [-0.15, -0.1) is 0 Å². The number of nitrogens with zero attached hydrogens (tertiary/aromatic N) is 1. The Balaban J connectivity index is 1.90. The highest BCUT2D eigenvalue weighted by Crippen LogP contribution is 2.48. The zero-order chi connectivity index (χ0) is 11.1. The Kier molecular flexibility index (Phi) is 2.13. The second-order valence-electron chi connectivity index (χ2n) is 4.86. The molecule has 0 radical (unpaired) electrons. The fourth-order valence-electron chi connectivity index (χ4n) is 3.25. The van der Waals surface area contributed by atoms with E-state index in [1.165, 1.54) is 0 Å². The molecule has 3 rings (SSSR count). The van der Waals surface area contributed by atoms with Gasteiger partial charge in [0.1, 0.15) is 6.04 Å². The number of hydrogen-bond donors (Lipinski definition) is 1. The van der Waals surface area contributed by atoms with Gasteiger partial charge in [-0.1, -0.05) is 12.2 Å². The van der Waals surface area contributed by atoms with Crippen LogP contribution >= 0.6 is 0 Å². The first-order valence-electron chi connectivity index (χ1n) is 5.79. The average Bonchev–Trinajstić information content (AvgIpc) is 2.91. The third kappa shape index (κ3) is 1.39. The average molecular weight is 217 g/mol. The molecule has 1 N–H and O–H groups in total. The van der Waals surface area contributed by atoms with Crippen molar-refractivity contribution >= 4 is 5.97 Å². The van der Waals surface area contributed by atoms with Crippen molar-refractivity contribution in [2.24, 2.45) is 17.8 Å².